The average Bonchev–Trinajstić information content (AvgIpc) is 2.52. The molecule has 2 rings (SSSR count). The first-order chi connectivity index (χ1) is 10.9. The van der Waals surface area contributed by atoms with E-state index in [1.54, 1.807) is 24.3 Å². The van der Waals surface area contributed by atoms with Gasteiger partial charge in [0.05, 0.1) is 4.91 Å². The van der Waals surface area contributed by atoms with Crippen molar-refractivity contribution < 1.29 is 14.0 Å². The number of Topliss-reactive ketones (excluding diaryl/α,β-unsaturated/α-hetero) is 2. The second-order valence-electron chi connectivity index (χ2n) is 5.99. The number of allylic oxidation sites excluding steroid dienone is 2. The van der Waals surface area contributed by atoms with Gasteiger partial charge in [-0.25, -0.2) is 0 Å². The molecule has 23 heavy (non-hydrogen) atoms. The van der Waals surface area contributed by atoms with Gasteiger partial charge < -0.3 is 4.43 Å². The number of ketones is 2. The van der Waals surface area contributed by atoms with E-state index < -0.39 is 8.32 Å². The molecule has 0 saturated heterocycles. The Balaban J connectivity index is 2.02. The number of thioether (sulfide) groups is 1. The van der Waals surface area contributed by atoms with Crippen molar-refractivity contribution in [2.24, 2.45) is 0 Å². The predicted molar refractivity (Wildman–Crippen MR) is 99.0 cm³/mol. The van der Waals surface area contributed by atoms with Crippen molar-refractivity contribution in [3.05, 3.63) is 45.3 Å². The Morgan fingerprint density at radius 1 is 1.13 bits per heavy atom. The van der Waals surface area contributed by atoms with Crippen molar-refractivity contribution in [1.82, 2.24) is 0 Å². The molecule has 0 radical (unpaired) electrons. The number of fused-ring (bicyclic) bond motifs is 1. The molecule has 0 bridgehead atoms. The fourth-order valence-corrected chi connectivity index (χ4v) is 6.10. The maximum absolute atomic E-state index is 12.5. The van der Waals surface area contributed by atoms with Crippen molar-refractivity contribution in [3.63, 3.8) is 0 Å². The molecule has 0 spiro atoms. The number of hydrogen-bond acceptors (Lipinski definition) is 4. The molecule has 1 aromatic carbocycles. The van der Waals surface area contributed by atoms with Crippen molar-refractivity contribution in [2.75, 3.05) is 12.4 Å². The molecule has 0 aromatic heterocycles. The number of hydrogen-bond donors (Lipinski definition) is 0. The minimum atomic E-state index is -1.61. The topological polar surface area (TPSA) is 43.4 Å². The third-order valence-corrected chi connectivity index (χ3v) is 8.00. The van der Waals surface area contributed by atoms with Crippen LogP contribution in [0.15, 0.2) is 34.2 Å². The molecule has 0 atom stereocenters. The summed E-state index contributed by atoms with van der Waals surface area (Å²) in [5.41, 5.74) is 0.852. The molecular formula is C17H21ClO3SSi. The lowest BCUT2D eigenvalue weighted by Crippen LogP contribution is -2.30. The predicted octanol–water partition coefficient (Wildman–Crippen LogP) is 4.88. The number of halogens is 1. The molecule has 0 saturated carbocycles. The molecule has 124 valence electrons. The fourth-order valence-electron chi connectivity index (χ4n) is 2.59. The van der Waals surface area contributed by atoms with Gasteiger partial charge in [0.2, 0.25) is 11.6 Å². The first-order valence-electron chi connectivity index (χ1n) is 7.72. The Bertz CT molecular complexity index is 655. The zero-order chi connectivity index (χ0) is 17.0. The van der Waals surface area contributed by atoms with E-state index in [-0.39, 0.29) is 16.6 Å². The standard InChI is InChI=1S/C17H21ClO3SSi/c1-4-21-23(2,3)11-7-10-22-17-14(18)15(19)12-8-5-6-9-13(12)16(17)20/h5-6,8-9H,4,7,10-11H2,1-3H3. The van der Waals surface area contributed by atoms with Crippen LogP contribution in [0, 0.1) is 0 Å². The maximum Gasteiger partial charge on any atom is 0.206 e. The minimum Gasteiger partial charge on any atom is -0.418 e. The van der Waals surface area contributed by atoms with Gasteiger partial charge in [-0.3, -0.25) is 9.59 Å². The molecule has 3 nitrogen and oxygen atoms in total. The van der Waals surface area contributed by atoms with Gasteiger partial charge in [-0.15, -0.1) is 11.8 Å². The summed E-state index contributed by atoms with van der Waals surface area (Å²) in [6.07, 6.45) is 0.945. The van der Waals surface area contributed by atoms with Crippen LogP contribution in [-0.4, -0.2) is 32.2 Å². The smallest absolute Gasteiger partial charge is 0.206 e. The summed E-state index contributed by atoms with van der Waals surface area (Å²) in [5, 5.41) is 0.0556. The Morgan fingerprint density at radius 2 is 1.74 bits per heavy atom. The monoisotopic (exact) mass is 368 g/mol. The summed E-state index contributed by atoms with van der Waals surface area (Å²) >= 11 is 7.53. The van der Waals surface area contributed by atoms with Crippen LogP contribution in [0.1, 0.15) is 34.1 Å². The van der Waals surface area contributed by atoms with Crippen molar-refractivity contribution in [1.29, 1.82) is 0 Å². The molecule has 0 amide bonds. The maximum atomic E-state index is 12.5. The zero-order valence-corrected chi connectivity index (χ0v) is 16.2. The molecule has 0 heterocycles. The van der Waals surface area contributed by atoms with Crippen LogP contribution in [0.25, 0.3) is 0 Å². The Kier molecular flexibility index (Phi) is 6.25. The van der Waals surface area contributed by atoms with E-state index in [0.717, 1.165) is 24.8 Å². The highest BCUT2D eigenvalue weighted by atomic mass is 35.5. The summed E-state index contributed by atoms with van der Waals surface area (Å²) in [6, 6.07) is 7.87. The van der Waals surface area contributed by atoms with E-state index in [1.165, 1.54) is 11.8 Å². The second kappa shape index (κ2) is 7.79. The van der Waals surface area contributed by atoms with Crippen LogP contribution in [0.2, 0.25) is 19.1 Å². The Morgan fingerprint density at radius 3 is 2.35 bits per heavy atom. The van der Waals surface area contributed by atoms with E-state index in [0.29, 0.717) is 16.0 Å². The van der Waals surface area contributed by atoms with Gasteiger partial charge in [0.15, 0.2) is 8.32 Å². The molecule has 6 heteroatoms. The summed E-state index contributed by atoms with van der Waals surface area (Å²) in [5.74, 6) is 0.362. The van der Waals surface area contributed by atoms with Crippen LogP contribution in [0.5, 0.6) is 0 Å². The lowest BCUT2D eigenvalue weighted by atomic mass is 9.95. The van der Waals surface area contributed by atoms with Gasteiger partial charge in [0.25, 0.3) is 0 Å². The van der Waals surface area contributed by atoms with Gasteiger partial charge >= 0.3 is 0 Å². The zero-order valence-electron chi connectivity index (χ0n) is 13.6. The normalized spacial score (nSPS) is 15.1. The summed E-state index contributed by atoms with van der Waals surface area (Å²) in [7, 11) is -1.61. The third kappa shape index (κ3) is 4.35. The molecule has 1 aliphatic rings. The number of benzene rings is 1. The quantitative estimate of drug-likeness (QED) is 0.508. The van der Waals surface area contributed by atoms with Gasteiger partial charge in [-0.1, -0.05) is 35.9 Å². The van der Waals surface area contributed by atoms with Crippen molar-refractivity contribution >= 4 is 43.2 Å². The second-order valence-corrected chi connectivity index (χ2v) is 11.8. The number of rotatable bonds is 7. The van der Waals surface area contributed by atoms with Crippen LogP contribution >= 0.6 is 23.4 Å². The highest BCUT2D eigenvalue weighted by Crippen LogP contribution is 2.35. The van der Waals surface area contributed by atoms with Crippen LogP contribution in [0.3, 0.4) is 0 Å². The Hall–Kier alpha value is -0.883. The molecule has 0 unspecified atom stereocenters. The van der Waals surface area contributed by atoms with Gasteiger partial charge in [-0.2, -0.15) is 0 Å². The van der Waals surface area contributed by atoms with Crippen LogP contribution < -0.4 is 0 Å². The minimum absolute atomic E-state index is 0.0556. The first-order valence-corrected chi connectivity index (χ1v) is 12.2. The molecular weight excluding hydrogens is 348 g/mol. The van der Waals surface area contributed by atoms with Crippen LogP contribution in [0.4, 0.5) is 0 Å². The average molecular weight is 369 g/mol. The molecule has 0 fully saturated rings. The summed E-state index contributed by atoms with van der Waals surface area (Å²) < 4.78 is 5.80. The first kappa shape index (κ1) is 18.5. The third-order valence-electron chi connectivity index (χ3n) is 3.73. The van der Waals surface area contributed by atoms with E-state index in [1.807, 2.05) is 6.92 Å². The molecule has 1 aliphatic carbocycles. The highest BCUT2D eigenvalue weighted by Gasteiger charge is 2.31. The van der Waals surface area contributed by atoms with Crippen molar-refractivity contribution in [3.8, 4) is 0 Å². The van der Waals surface area contributed by atoms with Gasteiger partial charge in [0, 0.05) is 17.7 Å². The lowest BCUT2D eigenvalue weighted by Gasteiger charge is -2.22. The largest absolute Gasteiger partial charge is 0.418 e. The van der Waals surface area contributed by atoms with Gasteiger partial charge in [-0.05, 0) is 38.2 Å². The molecule has 1 aromatic rings. The molecule has 0 aliphatic heterocycles. The fraction of sp³-hybridized carbons (Fsp3) is 0.412. The van der Waals surface area contributed by atoms with Crippen LogP contribution in [-0.2, 0) is 4.43 Å². The van der Waals surface area contributed by atoms with Gasteiger partial charge in [0.1, 0.15) is 5.03 Å². The lowest BCUT2D eigenvalue weighted by molar-refractivity contribution is 0.0987. The molecule has 0 N–H and O–H groups in total. The van der Waals surface area contributed by atoms with E-state index in [9.17, 15) is 9.59 Å². The summed E-state index contributed by atoms with van der Waals surface area (Å²) in [4.78, 5) is 25.2. The summed E-state index contributed by atoms with van der Waals surface area (Å²) in [6.45, 7) is 7.14. The Labute approximate surface area is 147 Å². The van der Waals surface area contributed by atoms with E-state index in [2.05, 4.69) is 13.1 Å². The van der Waals surface area contributed by atoms with Crippen molar-refractivity contribution in [2.45, 2.75) is 32.5 Å². The number of carbonyl (C=O) groups is 2. The van der Waals surface area contributed by atoms with E-state index in [4.69, 9.17) is 16.0 Å². The highest BCUT2D eigenvalue weighted by molar-refractivity contribution is 8.04. The SMILES string of the molecule is CCO[Si](C)(C)CCCSC1=C(Cl)C(=O)c2ccccc2C1=O. The van der Waals surface area contributed by atoms with E-state index >= 15 is 0 Å². The number of carbonyl (C=O) groups excluding carboxylic acids is 2.